The van der Waals surface area contributed by atoms with Crippen LogP contribution in [0, 0.1) is 0 Å². The van der Waals surface area contributed by atoms with Crippen molar-refractivity contribution in [3.05, 3.63) is 76.8 Å². The molecule has 0 spiro atoms. The van der Waals surface area contributed by atoms with Crippen LogP contribution in [0.4, 0.5) is 0 Å². The highest BCUT2D eigenvalue weighted by Gasteiger charge is 2.22. The molecule has 0 heterocycles. The number of carbonyl (C=O) groups is 2. The van der Waals surface area contributed by atoms with Gasteiger partial charge in [-0.3, -0.25) is 4.79 Å². The third-order valence-corrected chi connectivity index (χ3v) is 5.11. The Labute approximate surface area is 171 Å². The van der Waals surface area contributed by atoms with E-state index in [0.29, 0.717) is 12.2 Å². The first-order chi connectivity index (χ1) is 13.6. The Morgan fingerprint density at radius 3 is 2.46 bits per heavy atom. The standard InChI is InChI=1S/C22H20BrNO4/c1-27-22(26)18(13-15-7-3-2-4-8-15)24-20(25)14-28-19-12-11-16-9-5-6-10-17(16)21(19)23/h2-12,18H,13-14H2,1H3,(H,24,25). The molecule has 0 aliphatic rings. The summed E-state index contributed by atoms with van der Waals surface area (Å²) in [5, 5.41) is 4.76. The topological polar surface area (TPSA) is 64.6 Å². The fourth-order valence-electron chi connectivity index (χ4n) is 2.89. The summed E-state index contributed by atoms with van der Waals surface area (Å²) in [4.78, 5) is 24.4. The molecule has 144 valence electrons. The maximum atomic E-state index is 12.4. The number of benzene rings is 3. The van der Waals surface area contributed by atoms with E-state index in [1.807, 2.05) is 60.7 Å². The van der Waals surface area contributed by atoms with Crippen molar-refractivity contribution in [2.75, 3.05) is 13.7 Å². The number of esters is 1. The van der Waals surface area contributed by atoms with Gasteiger partial charge in [0.25, 0.3) is 5.91 Å². The van der Waals surface area contributed by atoms with Crippen LogP contribution >= 0.6 is 15.9 Å². The number of amides is 1. The predicted octanol–water partition coefficient (Wildman–Crippen LogP) is 3.88. The fourth-order valence-corrected chi connectivity index (χ4v) is 3.50. The summed E-state index contributed by atoms with van der Waals surface area (Å²) in [6.45, 7) is -0.209. The zero-order valence-electron chi connectivity index (χ0n) is 15.4. The molecule has 3 aromatic rings. The van der Waals surface area contributed by atoms with Gasteiger partial charge in [-0.2, -0.15) is 0 Å². The molecule has 1 unspecified atom stereocenters. The maximum absolute atomic E-state index is 12.4. The van der Waals surface area contributed by atoms with Gasteiger partial charge in [-0.25, -0.2) is 4.79 Å². The number of hydrogen-bond donors (Lipinski definition) is 1. The van der Waals surface area contributed by atoms with Crippen molar-refractivity contribution in [3.63, 3.8) is 0 Å². The van der Waals surface area contributed by atoms with Gasteiger partial charge < -0.3 is 14.8 Å². The van der Waals surface area contributed by atoms with Gasteiger partial charge >= 0.3 is 5.97 Å². The van der Waals surface area contributed by atoms with Gasteiger partial charge in [0.2, 0.25) is 0 Å². The van der Waals surface area contributed by atoms with Gasteiger partial charge in [0.15, 0.2) is 6.61 Å². The SMILES string of the molecule is COC(=O)C(Cc1ccccc1)NC(=O)COc1ccc2ccccc2c1Br. The summed E-state index contributed by atoms with van der Waals surface area (Å²) in [6, 6.07) is 20.3. The van der Waals surface area contributed by atoms with Crippen LogP contribution in [-0.2, 0) is 20.7 Å². The quantitative estimate of drug-likeness (QED) is 0.565. The smallest absolute Gasteiger partial charge is 0.328 e. The normalized spacial score (nSPS) is 11.6. The molecule has 0 aliphatic carbocycles. The highest BCUT2D eigenvalue weighted by atomic mass is 79.9. The monoisotopic (exact) mass is 441 g/mol. The first-order valence-corrected chi connectivity index (χ1v) is 9.59. The lowest BCUT2D eigenvalue weighted by Crippen LogP contribution is -2.44. The molecule has 3 aromatic carbocycles. The maximum Gasteiger partial charge on any atom is 0.328 e. The number of nitrogens with one attached hydrogen (secondary N) is 1. The third-order valence-electron chi connectivity index (χ3n) is 4.29. The van der Waals surface area contributed by atoms with E-state index in [9.17, 15) is 9.59 Å². The Kier molecular flexibility index (Phi) is 6.66. The lowest BCUT2D eigenvalue weighted by molar-refractivity contribution is -0.145. The minimum Gasteiger partial charge on any atom is -0.483 e. The highest BCUT2D eigenvalue weighted by molar-refractivity contribution is 9.10. The third kappa shape index (κ3) is 4.89. The van der Waals surface area contributed by atoms with E-state index in [4.69, 9.17) is 9.47 Å². The average Bonchev–Trinajstić information content (AvgIpc) is 2.73. The fraction of sp³-hybridized carbons (Fsp3) is 0.182. The number of hydrogen-bond acceptors (Lipinski definition) is 4. The van der Waals surface area contributed by atoms with Crippen LogP contribution < -0.4 is 10.1 Å². The first kappa shape index (κ1) is 19.9. The predicted molar refractivity (Wildman–Crippen MR) is 111 cm³/mol. The lowest BCUT2D eigenvalue weighted by atomic mass is 10.1. The largest absolute Gasteiger partial charge is 0.483 e. The number of ether oxygens (including phenoxy) is 2. The van der Waals surface area contributed by atoms with Crippen LogP contribution in [0.5, 0.6) is 5.75 Å². The molecule has 3 rings (SSSR count). The van der Waals surface area contributed by atoms with E-state index in [1.54, 1.807) is 6.07 Å². The minimum absolute atomic E-state index is 0.209. The molecule has 1 atom stereocenters. The molecule has 28 heavy (non-hydrogen) atoms. The molecule has 0 aromatic heterocycles. The van der Waals surface area contributed by atoms with Crippen molar-refractivity contribution in [1.29, 1.82) is 0 Å². The Hall–Kier alpha value is -2.86. The van der Waals surface area contributed by atoms with Gasteiger partial charge in [-0.15, -0.1) is 0 Å². The van der Waals surface area contributed by atoms with E-state index in [0.717, 1.165) is 20.8 Å². The molecular weight excluding hydrogens is 422 g/mol. The van der Waals surface area contributed by atoms with Crippen molar-refractivity contribution in [1.82, 2.24) is 5.32 Å². The summed E-state index contributed by atoms with van der Waals surface area (Å²) in [7, 11) is 1.30. The molecule has 1 amide bonds. The first-order valence-electron chi connectivity index (χ1n) is 8.79. The van der Waals surface area contributed by atoms with E-state index >= 15 is 0 Å². The number of carbonyl (C=O) groups excluding carboxylic acids is 2. The van der Waals surface area contributed by atoms with Crippen molar-refractivity contribution < 1.29 is 19.1 Å². The molecule has 6 heteroatoms. The Bertz CT molecular complexity index is 975. The van der Waals surface area contributed by atoms with Gasteiger partial charge in [-0.1, -0.05) is 60.7 Å². The summed E-state index contributed by atoms with van der Waals surface area (Å²) < 4.78 is 11.3. The number of fused-ring (bicyclic) bond motifs is 1. The van der Waals surface area contributed by atoms with Gasteiger partial charge in [0.05, 0.1) is 11.6 Å². The van der Waals surface area contributed by atoms with Crippen LogP contribution in [0.15, 0.2) is 71.2 Å². The number of methoxy groups -OCH3 is 1. The van der Waals surface area contributed by atoms with Crippen molar-refractivity contribution in [3.8, 4) is 5.75 Å². The van der Waals surface area contributed by atoms with E-state index in [2.05, 4.69) is 21.2 Å². The van der Waals surface area contributed by atoms with Crippen molar-refractivity contribution in [2.24, 2.45) is 0 Å². The second-order valence-corrected chi connectivity index (χ2v) is 7.01. The minimum atomic E-state index is -0.774. The summed E-state index contributed by atoms with van der Waals surface area (Å²) in [5.41, 5.74) is 0.927. The molecule has 0 fully saturated rings. The molecule has 0 radical (unpaired) electrons. The average molecular weight is 442 g/mol. The molecule has 0 aliphatic heterocycles. The van der Waals surface area contributed by atoms with E-state index in [1.165, 1.54) is 7.11 Å². The molecule has 5 nitrogen and oxygen atoms in total. The zero-order valence-corrected chi connectivity index (χ0v) is 16.9. The zero-order chi connectivity index (χ0) is 19.9. The van der Waals surface area contributed by atoms with Gasteiger partial charge in [-0.05, 0) is 38.3 Å². The Morgan fingerprint density at radius 1 is 1.00 bits per heavy atom. The van der Waals surface area contributed by atoms with Crippen LogP contribution in [0.2, 0.25) is 0 Å². The molecule has 0 saturated carbocycles. The number of halogens is 1. The van der Waals surface area contributed by atoms with E-state index < -0.39 is 17.9 Å². The second kappa shape index (κ2) is 9.37. The number of rotatable bonds is 7. The van der Waals surface area contributed by atoms with Crippen molar-refractivity contribution >= 4 is 38.6 Å². The lowest BCUT2D eigenvalue weighted by Gasteiger charge is -2.17. The summed E-state index contributed by atoms with van der Waals surface area (Å²) in [5.74, 6) is -0.331. The van der Waals surface area contributed by atoms with Crippen LogP contribution in [-0.4, -0.2) is 31.6 Å². The highest BCUT2D eigenvalue weighted by Crippen LogP contribution is 2.32. The van der Waals surface area contributed by atoms with Crippen LogP contribution in [0.3, 0.4) is 0 Å². The molecule has 0 bridgehead atoms. The van der Waals surface area contributed by atoms with Crippen LogP contribution in [0.25, 0.3) is 10.8 Å². The van der Waals surface area contributed by atoms with Gasteiger partial charge in [0.1, 0.15) is 11.8 Å². The molecule has 0 saturated heterocycles. The van der Waals surface area contributed by atoms with Gasteiger partial charge in [0, 0.05) is 6.42 Å². The Morgan fingerprint density at radius 2 is 1.71 bits per heavy atom. The molecular formula is C22H20BrNO4. The van der Waals surface area contributed by atoms with E-state index in [-0.39, 0.29) is 6.61 Å². The van der Waals surface area contributed by atoms with Crippen molar-refractivity contribution in [2.45, 2.75) is 12.5 Å². The molecule has 1 N–H and O–H groups in total. The Balaban J connectivity index is 1.64. The second-order valence-electron chi connectivity index (χ2n) is 6.22. The summed E-state index contributed by atoms with van der Waals surface area (Å²) >= 11 is 3.53. The summed E-state index contributed by atoms with van der Waals surface area (Å²) in [6.07, 6.45) is 0.346. The van der Waals surface area contributed by atoms with Crippen LogP contribution in [0.1, 0.15) is 5.56 Å².